The van der Waals surface area contributed by atoms with E-state index >= 15 is 0 Å². The summed E-state index contributed by atoms with van der Waals surface area (Å²) in [5.41, 5.74) is 1.89. The summed E-state index contributed by atoms with van der Waals surface area (Å²) in [4.78, 5) is 25.8. The quantitative estimate of drug-likeness (QED) is 0.652. The van der Waals surface area contributed by atoms with Gasteiger partial charge in [0.25, 0.3) is 5.91 Å². The fraction of sp³-hybridized carbons (Fsp3) is 0.227. The Morgan fingerprint density at radius 3 is 2.59 bits per heavy atom. The lowest BCUT2D eigenvalue weighted by Gasteiger charge is -2.34. The highest BCUT2D eigenvalue weighted by Crippen LogP contribution is 2.24. The maximum Gasteiger partial charge on any atom is 0.289 e. The van der Waals surface area contributed by atoms with E-state index in [1.165, 1.54) is 6.26 Å². The Bertz CT molecular complexity index is 964. The predicted molar refractivity (Wildman–Crippen MR) is 113 cm³/mol. The van der Waals surface area contributed by atoms with Gasteiger partial charge in [0.05, 0.1) is 12.0 Å². The molecule has 2 aromatic heterocycles. The van der Waals surface area contributed by atoms with Crippen molar-refractivity contribution in [3.05, 3.63) is 73.2 Å². The lowest BCUT2D eigenvalue weighted by Crippen LogP contribution is -2.49. The summed E-state index contributed by atoms with van der Waals surface area (Å²) in [5, 5.41) is 3.26. The summed E-state index contributed by atoms with van der Waals surface area (Å²) < 4.78 is 5.23. The van der Waals surface area contributed by atoms with Crippen LogP contribution in [0.2, 0.25) is 0 Å². The number of hydrogen-bond acceptors (Lipinski definition) is 6. The van der Waals surface area contributed by atoms with E-state index in [4.69, 9.17) is 9.40 Å². The summed E-state index contributed by atoms with van der Waals surface area (Å²) in [6, 6.07) is 15.4. The fourth-order valence-corrected chi connectivity index (χ4v) is 3.27. The number of furan rings is 1. The maximum atomic E-state index is 12.5. The first-order chi connectivity index (χ1) is 14.2. The molecule has 7 heteroatoms. The zero-order valence-electron chi connectivity index (χ0n) is 16.1. The van der Waals surface area contributed by atoms with Crippen LogP contribution in [0.5, 0.6) is 0 Å². The molecule has 4 rings (SSSR count). The molecular weight excluding hydrogens is 366 g/mol. The Morgan fingerprint density at radius 1 is 1.10 bits per heavy atom. The third-order valence-corrected chi connectivity index (χ3v) is 4.79. The van der Waals surface area contributed by atoms with Crippen LogP contribution < -0.4 is 10.2 Å². The lowest BCUT2D eigenvalue weighted by molar-refractivity contribution is 0.0714. The molecule has 0 aliphatic carbocycles. The van der Waals surface area contributed by atoms with Crippen molar-refractivity contribution in [3.8, 4) is 11.3 Å². The number of anilines is 2. The minimum absolute atomic E-state index is 0.0815. The van der Waals surface area contributed by atoms with E-state index in [9.17, 15) is 4.79 Å². The Labute approximate surface area is 169 Å². The Balaban J connectivity index is 1.53. The van der Waals surface area contributed by atoms with Crippen LogP contribution in [0.3, 0.4) is 0 Å². The Morgan fingerprint density at radius 2 is 1.90 bits per heavy atom. The molecule has 1 aliphatic heterocycles. The molecule has 3 heterocycles. The number of nitrogens with zero attached hydrogens (tertiary/aromatic N) is 4. The number of piperazine rings is 1. The van der Waals surface area contributed by atoms with Crippen LogP contribution in [-0.4, -0.2) is 53.5 Å². The largest absolute Gasteiger partial charge is 0.459 e. The average molecular weight is 389 g/mol. The molecule has 0 spiro atoms. The van der Waals surface area contributed by atoms with E-state index in [0.29, 0.717) is 44.4 Å². The predicted octanol–water partition coefficient (Wildman–Crippen LogP) is 3.30. The number of rotatable bonds is 6. The van der Waals surface area contributed by atoms with E-state index in [0.717, 1.165) is 17.1 Å². The second-order valence-electron chi connectivity index (χ2n) is 6.73. The summed E-state index contributed by atoms with van der Waals surface area (Å²) in [6.45, 7) is 6.87. The SMILES string of the molecule is C=CCNc1cc(-c2ccccc2)nc(N2CCN(C(=O)c3ccco3)CC2)n1. The minimum Gasteiger partial charge on any atom is -0.459 e. The van der Waals surface area contributed by atoms with Crippen molar-refractivity contribution >= 4 is 17.7 Å². The fourth-order valence-electron chi connectivity index (χ4n) is 3.27. The van der Waals surface area contributed by atoms with E-state index in [2.05, 4.69) is 21.8 Å². The van der Waals surface area contributed by atoms with Crippen molar-refractivity contribution in [1.29, 1.82) is 0 Å². The molecule has 1 amide bonds. The number of carbonyl (C=O) groups is 1. The zero-order chi connectivity index (χ0) is 20.1. The van der Waals surface area contributed by atoms with Gasteiger partial charge in [-0.25, -0.2) is 4.98 Å². The summed E-state index contributed by atoms with van der Waals surface area (Å²) in [5.74, 6) is 1.70. The normalized spacial score (nSPS) is 13.9. The molecule has 0 unspecified atom stereocenters. The highest BCUT2D eigenvalue weighted by atomic mass is 16.3. The monoisotopic (exact) mass is 389 g/mol. The number of aromatic nitrogens is 2. The Kier molecular flexibility index (Phi) is 5.56. The highest BCUT2D eigenvalue weighted by molar-refractivity contribution is 5.91. The van der Waals surface area contributed by atoms with Crippen molar-refractivity contribution in [2.75, 3.05) is 42.9 Å². The summed E-state index contributed by atoms with van der Waals surface area (Å²) in [7, 11) is 0. The van der Waals surface area contributed by atoms with Crippen molar-refractivity contribution < 1.29 is 9.21 Å². The minimum atomic E-state index is -0.0815. The lowest BCUT2D eigenvalue weighted by atomic mass is 10.1. The van der Waals surface area contributed by atoms with Crippen LogP contribution in [0.4, 0.5) is 11.8 Å². The standard InChI is InChI=1S/C22H23N5O2/c1-2-10-23-20-16-18(17-7-4-3-5-8-17)24-22(25-20)27-13-11-26(12-14-27)21(28)19-9-6-15-29-19/h2-9,15-16H,1,10-14H2,(H,23,24,25). The second-order valence-corrected chi connectivity index (χ2v) is 6.73. The van der Waals surface area contributed by atoms with Gasteiger partial charge >= 0.3 is 0 Å². The van der Waals surface area contributed by atoms with Crippen molar-refractivity contribution in [2.45, 2.75) is 0 Å². The third kappa shape index (κ3) is 4.29. The maximum absolute atomic E-state index is 12.5. The molecule has 0 bridgehead atoms. The average Bonchev–Trinajstić information content (AvgIpc) is 3.33. The van der Waals surface area contributed by atoms with Crippen molar-refractivity contribution in [3.63, 3.8) is 0 Å². The number of benzene rings is 1. The van der Waals surface area contributed by atoms with Gasteiger partial charge in [-0.1, -0.05) is 36.4 Å². The first kappa shape index (κ1) is 18.7. The molecule has 1 N–H and O–H groups in total. The molecule has 7 nitrogen and oxygen atoms in total. The van der Waals surface area contributed by atoms with Gasteiger partial charge in [0.2, 0.25) is 5.95 Å². The first-order valence-electron chi connectivity index (χ1n) is 9.61. The van der Waals surface area contributed by atoms with Crippen LogP contribution >= 0.6 is 0 Å². The van der Waals surface area contributed by atoms with Gasteiger partial charge in [0.1, 0.15) is 5.82 Å². The van der Waals surface area contributed by atoms with Crippen LogP contribution in [0.25, 0.3) is 11.3 Å². The molecule has 1 aromatic carbocycles. The smallest absolute Gasteiger partial charge is 0.289 e. The zero-order valence-corrected chi connectivity index (χ0v) is 16.1. The molecule has 1 fully saturated rings. The van der Waals surface area contributed by atoms with Crippen molar-refractivity contribution in [1.82, 2.24) is 14.9 Å². The van der Waals surface area contributed by atoms with Gasteiger partial charge < -0.3 is 19.5 Å². The number of carbonyl (C=O) groups excluding carboxylic acids is 1. The van der Waals surface area contributed by atoms with Crippen molar-refractivity contribution in [2.24, 2.45) is 0 Å². The van der Waals surface area contributed by atoms with Gasteiger partial charge in [-0.3, -0.25) is 4.79 Å². The van der Waals surface area contributed by atoms with E-state index in [-0.39, 0.29) is 5.91 Å². The molecular formula is C22H23N5O2. The van der Waals surface area contributed by atoms with E-state index < -0.39 is 0 Å². The van der Waals surface area contributed by atoms with Gasteiger partial charge in [-0.15, -0.1) is 6.58 Å². The highest BCUT2D eigenvalue weighted by Gasteiger charge is 2.25. The van der Waals surface area contributed by atoms with Crippen LogP contribution in [0.15, 0.2) is 71.9 Å². The van der Waals surface area contributed by atoms with Gasteiger partial charge in [-0.05, 0) is 12.1 Å². The van der Waals surface area contributed by atoms with Crippen LogP contribution in [0, 0.1) is 0 Å². The Hall–Kier alpha value is -3.61. The van der Waals surface area contributed by atoms with Gasteiger partial charge in [0, 0.05) is 44.4 Å². The molecule has 1 saturated heterocycles. The molecule has 3 aromatic rings. The molecule has 29 heavy (non-hydrogen) atoms. The molecule has 0 atom stereocenters. The van der Waals surface area contributed by atoms with E-state index in [1.807, 2.05) is 36.4 Å². The molecule has 0 radical (unpaired) electrons. The molecule has 148 valence electrons. The molecule has 1 aliphatic rings. The van der Waals surface area contributed by atoms with Crippen LogP contribution in [-0.2, 0) is 0 Å². The summed E-state index contributed by atoms with van der Waals surface area (Å²) in [6.07, 6.45) is 3.31. The number of hydrogen-bond donors (Lipinski definition) is 1. The molecule has 0 saturated carbocycles. The first-order valence-corrected chi connectivity index (χ1v) is 9.61. The van der Waals surface area contributed by atoms with Crippen LogP contribution in [0.1, 0.15) is 10.6 Å². The van der Waals surface area contributed by atoms with Gasteiger partial charge in [-0.2, -0.15) is 4.98 Å². The van der Waals surface area contributed by atoms with E-state index in [1.54, 1.807) is 23.1 Å². The summed E-state index contributed by atoms with van der Waals surface area (Å²) >= 11 is 0. The topological polar surface area (TPSA) is 74.5 Å². The second kappa shape index (κ2) is 8.60. The number of nitrogens with one attached hydrogen (secondary N) is 1. The van der Waals surface area contributed by atoms with Gasteiger partial charge in [0.15, 0.2) is 5.76 Å². The third-order valence-electron chi connectivity index (χ3n) is 4.79. The number of amides is 1.